The molecule has 0 aliphatic carbocycles. The Labute approximate surface area is 91.0 Å². The number of alkyl carbamates (subject to hydrolysis) is 1. The molecular weight excluding hydrogens is 253 g/mol. The number of carboxylic acids is 1. The molecule has 14 heavy (non-hydrogen) atoms. The quantitative estimate of drug-likeness (QED) is 0.721. The molecule has 0 fully saturated rings. The van der Waals surface area contributed by atoms with E-state index in [1.54, 1.807) is 20.8 Å². The van der Waals surface area contributed by atoms with Crippen molar-refractivity contribution in [3.8, 4) is 0 Å². The van der Waals surface area contributed by atoms with Crippen molar-refractivity contribution in [1.82, 2.24) is 5.32 Å². The van der Waals surface area contributed by atoms with Gasteiger partial charge in [0.1, 0.15) is 0 Å². The normalized spacial score (nSPS) is 13.1. The van der Waals surface area contributed by atoms with Gasteiger partial charge in [-0.15, -0.1) is 0 Å². The zero-order chi connectivity index (χ0) is 11.4. The number of carbonyl (C=O) groups excluding carboxylic acids is 1. The Kier molecular flexibility index (Phi) is 4.94. The molecule has 0 aliphatic heterocycles. The summed E-state index contributed by atoms with van der Waals surface area (Å²) in [6.07, 6.45) is -0.712. The molecular formula is C8H15NO4Se. The minimum absolute atomic E-state index is 0.265. The number of rotatable bonds is 3. The van der Waals surface area contributed by atoms with E-state index in [4.69, 9.17) is 9.84 Å². The van der Waals surface area contributed by atoms with E-state index >= 15 is 0 Å². The van der Waals surface area contributed by atoms with Crippen LogP contribution in [0.5, 0.6) is 0 Å². The van der Waals surface area contributed by atoms with Gasteiger partial charge in [-0.1, -0.05) is 0 Å². The fraction of sp³-hybridized carbons (Fsp3) is 0.750. The third-order valence-electron chi connectivity index (χ3n) is 1.17. The Bertz CT molecular complexity index is 224. The van der Waals surface area contributed by atoms with Gasteiger partial charge in [-0.2, -0.15) is 0 Å². The van der Waals surface area contributed by atoms with Gasteiger partial charge in [0.05, 0.1) is 0 Å². The second-order valence-corrected chi connectivity index (χ2v) is 4.49. The molecule has 0 aliphatic rings. The number of hydrogen-bond donors (Lipinski definition) is 2. The van der Waals surface area contributed by atoms with Crippen LogP contribution in [0.1, 0.15) is 20.8 Å². The van der Waals surface area contributed by atoms with Crippen LogP contribution in [0.15, 0.2) is 0 Å². The van der Waals surface area contributed by atoms with Crippen LogP contribution in [-0.4, -0.2) is 44.8 Å². The van der Waals surface area contributed by atoms with Crippen molar-refractivity contribution in [3.05, 3.63) is 0 Å². The van der Waals surface area contributed by atoms with Gasteiger partial charge in [0.25, 0.3) is 0 Å². The standard InChI is InChI=1S/C8H15NO4Se/c1-8(2,3)13-7(12)9-5(4-14)6(10)11/h5,14H,4H2,1-3H3,(H,9,12)(H,10,11)/t5-/m0/s1. The maximum absolute atomic E-state index is 11.1. The van der Waals surface area contributed by atoms with Gasteiger partial charge in [-0.25, -0.2) is 0 Å². The zero-order valence-electron chi connectivity index (χ0n) is 8.40. The first kappa shape index (κ1) is 13.3. The summed E-state index contributed by atoms with van der Waals surface area (Å²) in [6.45, 7) is 5.14. The van der Waals surface area contributed by atoms with Gasteiger partial charge in [0.2, 0.25) is 0 Å². The van der Waals surface area contributed by atoms with Crippen molar-refractivity contribution in [2.75, 3.05) is 0 Å². The Morgan fingerprint density at radius 2 is 2.00 bits per heavy atom. The summed E-state index contributed by atoms with van der Waals surface area (Å²) in [5.74, 6) is -1.07. The third kappa shape index (κ3) is 5.83. The van der Waals surface area contributed by atoms with Gasteiger partial charge in [0.15, 0.2) is 0 Å². The van der Waals surface area contributed by atoms with Gasteiger partial charge < -0.3 is 0 Å². The topological polar surface area (TPSA) is 75.6 Å². The molecule has 0 radical (unpaired) electrons. The van der Waals surface area contributed by atoms with Crippen LogP contribution in [0.25, 0.3) is 0 Å². The molecule has 0 aromatic carbocycles. The molecule has 82 valence electrons. The van der Waals surface area contributed by atoms with Gasteiger partial charge in [-0.3, -0.25) is 0 Å². The van der Waals surface area contributed by atoms with Gasteiger partial charge in [0, 0.05) is 0 Å². The number of carbonyl (C=O) groups is 2. The zero-order valence-corrected chi connectivity index (χ0v) is 10.3. The first-order chi connectivity index (χ1) is 6.26. The summed E-state index contributed by atoms with van der Waals surface area (Å²) < 4.78 is 4.90. The Morgan fingerprint density at radius 1 is 1.50 bits per heavy atom. The van der Waals surface area contributed by atoms with E-state index in [-0.39, 0.29) is 5.32 Å². The maximum atomic E-state index is 11.1. The molecule has 1 atom stereocenters. The average Bonchev–Trinajstić information content (AvgIpc) is 1.96. The van der Waals surface area contributed by atoms with E-state index in [1.807, 2.05) is 0 Å². The van der Waals surface area contributed by atoms with Crippen LogP contribution in [0, 0.1) is 0 Å². The van der Waals surface area contributed by atoms with Crippen LogP contribution < -0.4 is 5.32 Å². The molecule has 0 bridgehead atoms. The molecule has 0 unspecified atom stereocenters. The molecule has 5 nitrogen and oxygen atoms in total. The van der Waals surface area contributed by atoms with Crippen molar-refractivity contribution in [2.24, 2.45) is 0 Å². The van der Waals surface area contributed by atoms with Crippen LogP contribution in [0.3, 0.4) is 0 Å². The van der Waals surface area contributed by atoms with E-state index < -0.39 is 23.7 Å². The van der Waals surface area contributed by atoms with E-state index in [1.165, 1.54) is 0 Å². The fourth-order valence-corrected chi connectivity index (χ4v) is 1.15. The molecule has 0 saturated heterocycles. The van der Waals surface area contributed by atoms with Crippen molar-refractivity contribution >= 4 is 28.1 Å². The van der Waals surface area contributed by atoms with Crippen molar-refractivity contribution < 1.29 is 19.4 Å². The SMILES string of the molecule is CC(C)(C)OC(=O)N[C@@H](C[SeH])C(=O)O. The molecule has 0 heterocycles. The summed E-state index contributed by atoms with van der Waals surface area (Å²) in [4.78, 5) is 21.7. The summed E-state index contributed by atoms with van der Waals surface area (Å²) in [6, 6.07) is -0.912. The average molecular weight is 268 g/mol. The molecule has 0 saturated carbocycles. The number of amides is 1. The number of ether oxygens (including phenoxy) is 1. The first-order valence-corrected chi connectivity index (χ1v) is 5.42. The van der Waals surface area contributed by atoms with Crippen molar-refractivity contribution in [3.63, 3.8) is 0 Å². The van der Waals surface area contributed by atoms with Crippen molar-refractivity contribution in [1.29, 1.82) is 0 Å². The molecule has 2 N–H and O–H groups in total. The molecule has 0 aromatic rings. The van der Waals surface area contributed by atoms with Crippen LogP contribution >= 0.6 is 0 Å². The Morgan fingerprint density at radius 3 is 2.29 bits per heavy atom. The fourth-order valence-electron chi connectivity index (χ4n) is 0.635. The Hall–Kier alpha value is -0.741. The summed E-state index contributed by atoms with van der Waals surface area (Å²) in [5.41, 5.74) is -0.615. The molecule has 1 amide bonds. The summed E-state index contributed by atoms with van der Waals surface area (Å²) in [7, 11) is 0. The number of hydrogen-bond acceptors (Lipinski definition) is 3. The number of carboxylic acid groups (broad SMARTS) is 1. The van der Waals surface area contributed by atoms with Crippen molar-refractivity contribution in [2.45, 2.75) is 37.7 Å². The third-order valence-corrected chi connectivity index (χ3v) is 1.94. The molecule has 0 rings (SSSR count). The van der Waals surface area contributed by atoms with Gasteiger partial charge in [-0.05, 0) is 0 Å². The second kappa shape index (κ2) is 5.22. The summed E-state index contributed by atoms with van der Waals surface area (Å²) in [5, 5.41) is 11.2. The summed E-state index contributed by atoms with van der Waals surface area (Å²) >= 11 is 2.11. The first-order valence-electron chi connectivity index (χ1n) is 4.09. The molecule has 6 heteroatoms. The van der Waals surface area contributed by atoms with Crippen LogP contribution in [-0.2, 0) is 9.53 Å². The predicted octanol–water partition coefficient (Wildman–Crippen LogP) is 0.283. The van der Waals surface area contributed by atoms with E-state index in [0.717, 1.165) is 0 Å². The Balaban J connectivity index is 4.11. The predicted molar refractivity (Wildman–Crippen MR) is 52.7 cm³/mol. The second-order valence-electron chi connectivity index (χ2n) is 3.72. The number of aliphatic carboxylic acids is 1. The van der Waals surface area contributed by atoms with E-state index in [2.05, 4.69) is 21.3 Å². The molecule has 0 spiro atoms. The monoisotopic (exact) mass is 269 g/mol. The van der Waals surface area contributed by atoms with E-state index in [0.29, 0.717) is 0 Å². The van der Waals surface area contributed by atoms with Crippen LogP contribution in [0.2, 0.25) is 5.32 Å². The van der Waals surface area contributed by atoms with Crippen LogP contribution in [0.4, 0.5) is 4.79 Å². The van der Waals surface area contributed by atoms with Gasteiger partial charge >= 0.3 is 90.6 Å². The minimum atomic E-state index is -1.07. The number of nitrogens with one attached hydrogen (secondary N) is 1. The molecule has 0 aromatic heterocycles. The van der Waals surface area contributed by atoms with E-state index in [9.17, 15) is 9.59 Å².